The Morgan fingerprint density at radius 3 is 0.714 bits per heavy atom. The molecule has 4 aromatic rings. The molecular weight excluding hydrogens is 697 g/mol. The van der Waals surface area contributed by atoms with Crippen molar-refractivity contribution in [2.24, 2.45) is 0 Å². The molecule has 0 aromatic heterocycles. The molecule has 4 aromatic carbocycles. The lowest BCUT2D eigenvalue weighted by Crippen LogP contribution is -2.18. The first-order valence-corrected chi connectivity index (χ1v) is 20.9. The summed E-state index contributed by atoms with van der Waals surface area (Å²) in [5.74, 6) is 1.51. The van der Waals surface area contributed by atoms with Crippen molar-refractivity contribution in [3.8, 4) is 23.0 Å². The Kier molecular flexibility index (Phi) is 13.8. The summed E-state index contributed by atoms with van der Waals surface area (Å²) in [6, 6.07) is 23.3. The van der Waals surface area contributed by atoms with Crippen LogP contribution in [0.3, 0.4) is 0 Å². The first-order valence-electron chi connectivity index (χ1n) is 20.9. The Bertz CT molecular complexity index is 1670. The minimum absolute atomic E-state index is 0.376. The number of phenols is 4. The molecule has 4 fully saturated rings. The molecule has 8 rings (SSSR count). The highest BCUT2D eigenvalue weighted by atomic mass is 16.3. The molecular formula is C48H60N4O4. The second kappa shape index (κ2) is 19.5. The SMILES string of the molecule is Oc1ccc(/C=C/c2ccc(O)c(CN3CCCC3)c2)cc1CN1CCCC1.Oc1ccc(/C=C\c2ccc(O)c(CN3CCCC3)c2)cc1CN1CCCC1. The lowest BCUT2D eigenvalue weighted by Gasteiger charge is -2.16. The van der Waals surface area contributed by atoms with Crippen LogP contribution in [0.15, 0.2) is 72.8 Å². The molecule has 8 nitrogen and oxygen atoms in total. The molecule has 4 saturated heterocycles. The lowest BCUT2D eigenvalue weighted by atomic mass is 10.1. The van der Waals surface area contributed by atoms with E-state index in [1.54, 1.807) is 24.3 Å². The summed E-state index contributed by atoms with van der Waals surface area (Å²) in [7, 11) is 0. The topological polar surface area (TPSA) is 93.9 Å². The molecule has 296 valence electrons. The number of hydrogen-bond acceptors (Lipinski definition) is 8. The molecule has 56 heavy (non-hydrogen) atoms. The second-order valence-electron chi connectivity index (χ2n) is 16.2. The summed E-state index contributed by atoms with van der Waals surface area (Å²) in [6.45, 7) is 12.2. The molecule has 0 amide bonds. The summed E-state index contributed by atoms with van der Waals surface area (Å²) >= 11 is 0. The van der Waals surface area contributed by atoms with Gasteiger partial charge in [0.1, 0.15) is 23.0 Å². The Hall–Kier alpha value is -4.60. The van der Waals surface area contributed by atoms with Crippen LogP contribution >= 0.6 is 0 Å². The minimum atomic E-state index is 0.376. The quantitative estimate of drug-likeness (QED) is 0.107. The molecule has 0 unspecified atom stereocenters. The molecule has 4 aliphatic heterocycles. The van der Waals surface area contributed by atoms with E-state index in [2.05, 4.69) is 68.2 Å². The van der Waals surface area contributed by atoms with Gasteiger partial charge < -0.3 is 20.4 Å². The van der Waals surface area contributed by atoms with E-state index in [1.807, 2.05) is 24.3 Å². The average Bonchev–Trinajstić information content (AvgIpc) is 4.06. The van der Waals surface area contributed by atoms with Crippen molar-refractivity contribution in [2.75, 3.05) is 52.4 Å². The number of benzene rings is 4. The summed E-state index contributed by atoms with van der Waals surface area (Å²) < 4.78 is 0. The molecule has 0 bridgehead atoms. The first kappa shape index (κ1) is 39.6. The van der Waals surface area contributed by atoms with Crippen molar-refractivity contribution in [2.45, 2.75) is 77.5 Å². The maximum Gasteiger partial charge on any atom is 0.120 e. The fourth-order valence-electron chi connectivity index (χ4n) is 8.45. The maximum absolute atomic E-state index is 10.2. The molecule has 0 spiro atoms. The molecule has 4 aliphatic rings. The van der Waals surface area contributed by atoms with Crippen LogP contribution in [-0.4, -0.2) is 92.4 Å². The van der Waals surface area contributed by atoms with E-state index in [1.165, 1.54) is 51.4 Å². The van der Waals surface area contributed by atoms with Gasteiger partial charge in [-0.15, -0.1) is 0 Å². The number of likely N-dealkylation sites (tertiary alicyclic amines) is 4. The number of aromatic hydroxyl groups is 4. The predicted octanol–water partition coefficient (Wildman–Crippen LogP) is 8.92. The fraction of sp³-hybridized carbons (Fsp3) is 0.417. The van der Waals surface area contributed by atoms with E-state index in [9.17, 15) is 20.4 Å². The summed E-state index contributed by atoms with van der Waals surface area (Å²) in [6.07, 6.45) is 18.3. The van der Waals surface area contributed by atoms with Gasteiger partial charge in [-0.05, 0) is 175 Å². The van der Waals surface area contributed by atoms with Gasteiger partial charge in [0.15, 0.2) is 0 Å². The third kappa shape index (κ3) is 11.3. The molecule has 8 heteroatoms. The van der Waals surface area contributed by atoms with Crippen molar-refractivity contribution in [1.29, 1.82) is 0 Å². The fourth-order valence-corrected chi connectivity index (χ4v) is 8.45. The van der Waals surface area contributed by atoms with Crippen molar-refractivity contribution in [1.82, 2.24) is 19.6 Å². The van der Waals surface area contributed by atoms with Crippen LogP contribution in [0.25, 0.3) is 24.3 Å². The Balaban J connectivity index is 0.000000172. The zero-order valence-corrected chi connectivity index (χ0v) is 33.0. The Morgan fingerprint density at radius 1 is 0.321 bits per heavy atom. The van der Waals surface area contributed by atoms with Gasteiger partial charge in [0.2, 0.25) is 0 Å². The Labute approximate surface area is 333 Å². The van der Waals surface area contributed by atoms with Gasteiger partial charge in [0.25, 0.3) is 0 Å². The van der Waals surface area contributed by atoms with Crippen molar-refractivity contribution in [3.63, 3.8) is 0 Å². The average molecular weight is 757 g/mol. The number of phenolic OH excluding ortho intramolecular Hbond substituents is 4. The van der Waals surface area contributed by atoms with E-state index < -0.39 is 0 Å². The van der Waals surface area contributed by atoms with Gasteiger partial charge in [-0.2, -0.15) is 0 Å². The highest BCUT2D eigenvalue weighted by Gasteiger charge is 2.17. The third-order valence-electron chi connectivity index (χ3n) is 11.7. The van der Waals surface area contributed by atoms with Crippen LogP contribution in [0.5, 0.6) is 23.0 Å². The monoisotopic (exact) mass is 756 g/mol. The Morgan fingerprint density at radius 2 is 0.518 bits per heavy atom. The van der Waals surface area contributed by atoms with Crippen LogP contribution < -0.4 is 0 Å². The zero-order chi connectivity index (χ0) is 38.7. The van der Waals surface area contributed by atoms with E-state index in [-0.39, 0.29) is 0 Å². The van der Waals surface area contributed by atoms with Gasteiger partial charge >= 0.3 is 0 Å². The molecule has 4 N–H and O–H groups in total. The van der Waals surface area contributed by atoms with Crippen LogP contribution in [0, 0.1) is 0 Å². The predicted molar refractivity (Wildman–Crippen MR) is 228 cm³/mol. The standard InChI is InChI=1S/2C24H30N2O2/c2*27-23-9-7-19(15-21(23)17-25-11-1-2-12-25)5-6-20-8-10-24(28)22(16-20)18-26-13-3-4-14-26/h2*5-10,15-16,27-28H,1-4,11-14,17-18H2/b6-5+;6-5-. The van der Waals surface area contributed by atoms with Crippen LogP contribution in [0.2, 0.25) is 0 Å². The second-order valence-corrected chi connectivity index (χ2v) is 16.2. The summed E-state index contributed by atoms with van der Waals surface area (Å²) in [5.41, 5.74) is 8.30. The van der Waals surface area contributed by atoms with Crippen LogP contribution in [0.1, 0.15) is 95.9 Å². The largest absolute Gasteiger partial charge is 0.508 e. The lowest BCUT2D eigenvalue weighted by molar-refractivity contribution is 0.324. The number of rotatable bonds is 12. The van der Waals surface area contributed by atoms with E-state index >= 15 is 0 Å². The van der Waals surface area contributed by atoms with E-state index in [0.29, 0.717) is 23.0 Å². The van der Waals surface area contributed by atoms with Gasteiger partial charge in [0.05, 0.1) is 0 Å². The smallest absolute Gasteiger partial charge is 0.120 e. The molecule has 0 radical (unpaired) electrons. The summed E-state index contributed by atoms with van der Waals surface area (Å²) in [5, 5.41) is 40.8. The summed E-state index contributed by atoms with van der Waals surface area (Å²) in [4.78, 5) is 9.58. The molecule has 0 atom stereocenters. The normalized spacial score (nSPS) is 18.4. The van der Waals surface area contributed by atoms with Crippen molar-refractivity contribution in [3.05, 3.63) is 117 Å². The van der Waals surface area contributed by atoms with Crippen molar-refractivity contribution < 1.29 is 20.4 Å². The van der Waals surface area contributed by atoms with Gasteiger partial charge in [-0.1, -0.05) is 48.6 Å². The highest BCUT2D eigenvalue weighted by molar-refractivity contribution is 5.72. The van der Waals surface area contributed by atoms with E-state index in [0.717, 1.165) is 123 Å². The van der Waals surface area contributed by atoms with Gasteiger partial charge in [-0.25, -0.2) is 0 Å². The number of nitrogens with zero attached hydrogens (tertiary/aromatic N) is 4. The maximum atomic E-state index is 10.2. The highest BCUT2D eigenvalue weighted by Crippen LogP contribution is 2.28. The van der Waals surface area contributed by atoms with Gasteiger partial charge in [-0.3, -0.25) is 19.6 Å². The van der Waals surface area contributed by atoms with Crippen LogP contribution in [0.4, 0.5) is 0 Å². The zero-order valence-electron chi connectivity index (χ0n) is 33.0. The third-order valence-corrected chi connectivity index (χ3v) is 11.7. The molecule has 0 saturated carbocycles. The number of hydrogen-bond donors (Lipinski definition) is 4. The minimum Gasteiger partial charge on any atom is -0.508 e. The first-order chi connectivity index (χ1) is 27.3. The van der Waals surface area contributed by atoms with Crippen molar-refractivity contribution >= 4 is 24.3 Å². The molecule has 4 heterocycles. The van der Waals surface area contributed by atoms with Crippen LogP contribution in [-0.2, 0) is 26.2 Å². The molecule has 0 aliphatic carbocycles. The van der Waals surface area contributed by atoms with E-state index in [4.69, 9.17) is 0 Å². The van der Waals surface area contributed by atoms with Gasteiger partial charge in [0, 0.05) is 48.4 Å².